The summed E-state index contributed by atoms with van der Waals surface area (Å²) in [6, 6.07) is 5.50. The number of aromatic hydroxyl groups is 1. The first-order valence-corrected chi connectivity index (χ1v) is 5.06. The second-order valence-corrected chi connectivity index (χ2v) is 3.96. The number of aromatic nitrogens is 1. The summed E-state index contributed by atoms with van der Waals surface area (Å²) >= 11 is 1.43. The molecule has 0 amide bonds. The first kappa shape index (κ1) is 9.02. The molecule has 3 nitrogen and oxygen atoms in total. The van der Waals surface area contributed by atoms with E-state index in [0.717, 1.165) is 16.1 Å². The van der Waals surface area contributed by atoms with E-state index in [-0.39, 0.29) is 5.75 Å². The van der Waals surface area contributed by atoms with Crippen LogP contribution in [-0.4, -0.2) is 10.1 Å². The van der Waals surface area contributed by atoms with Crippen LogP contribution >= 0.6 is 11.3 Å². The summed E-state index contributed by atoms with van der Waals surface area (Å²) in [5.41, 5.74) is 7.27. The summed E-state index contributed by atoms with van der Waals surface area (Å²) in [6.07, 6.45) is 0. The lowest BCUT2D eigenvalue weighted by molar-refractivity contribution is 0.477. The summed E-state index contributed by atoms with van der Waals surface area (Å²) in [4.78, 5) is 4.11. The highest BCUT2D eigenvalue weighted by molar-refractivity contribution is 7.13. The Labute approximate surface area is 85.8 Å². The van der Waals surface area contributed by atoms with Crippen LogP contribution in [0.4, 0.5) is 5.82 Å². The van der Waals surface area contributed by atoms with Gasteiger partial charge in [-0.3, -0.25) is 0 Å². The minimum atomic E-state index is 0.249. The Kier molecular flexibility index (Phi) is 2.13. The predicted molar refractivity (Wildman–Crippen MR) is 58.4 cm³/mol. The van der Waals surface area contributed by atoms with Crippen molar-refractivity contribution in [2.75, 3.05) is 5.73 Å². The molecule has 0 aliphatic rings. The largest absolute Gasteiger partial charge is 0.507 e. The Morgan fingerprint density at radius 3 is 2.79 bits per heavy atom. The molecule has 0 unspecified atom stereocenters. The average molecular weight is 206 g/mol. The van der Waals surface area contributed by atoms with Gasteiger partial charge in [0.1, 0.15) is 16.6 Å². The van der Waals surface area contributed by atoms with E-state index >= 15 is 0 Å². The molecule has 1 heterocycles. The zero-order valence-electron chi connectivity index (χ0n) is 7.69. The van der Waals surface area contributed by atoms with Crippen LogP contribution in [0.15, 0.2) is 23.6 Å². The number of anilines is 1. The lowest BCUT2D eigenvalue weighted by Gasteiger charge is -2.01. The standard InChI is InChI=1S/C10H10N2OS/c1-6-2-3-7(8(13)4-6)10-12-9(11)5-14-10/h2-5,13H,11H2,1H3. The lowest BCUT2D eigenvalue weighted by Crippen LogP contribution is -1.84. The number of phenols is 1. The smallest absolute Gasteiger partial charge is 0.135 e. The average Bonchev–Trinajstić information content (AvgIpc) is 2.51. The number of nitrogen functional groups attached to an aromatic ring is 1. The van der Waals surface area contributed by atoms with Crippen molar-refractivity contribution in [3.63, 3.8) is 0 Å². The molecule has 0 spiro atoms. The zero-order chi connectivity index (χ0) is 10.1. The summed E-state index contributed by atoms with van der Waals surface area (Å²) in [5.74, 6) is 0.740. The third-order valence-electron chi connectivity index (χ3n) is 1.91. The van der Waals surface area contributed by atoms with Crippen molar-refractivity contribution in [3.8, 4) is 16.3 Å². The number of nitrogens with two attached hydrogens (primary N) is 1. The summed E-state index contributed by atoms with van der Waals surface area (Å²) < 4.78 is 0. The summed E-state index contributed by atoms with van der Waals surface area (Å²) in [6.45, 7) is 1.93. The molecule has 2 aromatic rings. The van der Waals surface area contributed by atoms with Gasteiger partial charge in [0.25, 0.3) is 0 Å². The fourth-order valence-corrected chi connectivity index (χ4v) is 1.98. The van der Waals surface area contributed by atoms with Gasteiger partial charge in [-0.2, -0.15) is 0 Å². The SMILES string of the molecule is Cc1ccc(-c2nc(N)cs2)c(O)c1. The predicted octanol–water partition coefficient (Wildman–Crippen LogP) is 2.41. The van der Waals surface area contributed by atoms with E-state index in [9.17, 15) is 5.11 Å². The van der Waals surface area contributed by atoms with Gasteiger partial charge in [-0.1, -0.05) is 6.07 Å². The molecule has 1 aromatic carbocycles. The van der Waals surface area contributed by atoms with Crippen molar-refractivity contribution in [1.29, 1.82) is 0 Å². The second kappa shape index (κ2) is 3.31. The van der Waals surface area contributed by atoms with Crippen molar-refractivity contribution in [1.82, 2.24) is 4.98 Å². The molecule has 0 saturated carbocycles. The monoisotopic (exact) mass is 206 g/mol. The van der Waals surface area contributed by atoms with Gasteiger partial charge < -0.3 is 10.8 Å². The molecule has 0 aliphatic carbocycles. The van der Waals surface area contributed by atoms with Crippen LogP contribution in [0, 0.1) is 6.92 Å². The molecule has 1 aromatic heterocycles. The van der Waals surface area contributed by atoms with Crippen LogP contribution in [0.25, 0.3) is 10.6 Å². The van der Waals surface area contributed by atoms with Gasteiger partial charge in [-0.05, 0) is 24.6 Å². The number of aryl methyl sites for hydroxylation is 1. The fourth-order valence-electron chi connectivity index (χ4n) is 1.23. The molecule has 0 fully saturated rings. The molecule has 0 bridgehead atoms. The van der Waals surface area contributed by atoms with Crippen molar-refractivity contribution in [2.45, 2.75) is 6.92 Å². The topological polar surface area (TPSA) is 59.1 Å². The highest BCUT2D eigenvalue weighted by Crippen LogP contribution is 2.32. The molecule has 72 valence electrons. The molecule has 0 atom stereocenters. The quantitative estimate of drug-likeness (QED) is 0.753. The number of hydrogen-bond donors (Lipinski definition) is 2. The van der Waals surface area contributed by atoms with Crippen LogP contribution in [0.5, 0.6) is 5.75 Å². The van der Waals surface area contributed by atoms with Crippen molar-refractivity contribution < 1.29 is 5.11 Å². The van der Waals surface area contributed by atoms with Crippen molar-refractivity contribution in [2.24, 2.45) is 0 Å². The number of nitrogens with zero attached hydrogens (tertiary/aromatic N) is 1. The van der Waals surface area contributed by atoms with Gasteiger partial charge in [-0.15, -0.1) is 11.3 Å². The minimum Gasteiger partial charge on any atom is -0.507 e. The Morgan fingerprint density at radius 1 is 1.43 bits per heavy atom. The normalized spacial score (nSPS) is 10.4. The van der Waals surface area contributed by atoms with Crippen LogP contribution in [0.2, 0.25) is 0 Å². The van der Waals surface area contributed by atoms with E-state index in [1.54, 1.807) is 11.4 Å². The molecule has 4 heteroatoms. The number of thiazole rings is 1. The molecule has 3 N–H and O–H groups in total. The first-order valence-electron chi connectivity index (χ1n) is 4.18. The van der Waals surface area contributed by atoms with Gasteiger partial charge >= 0.3 is 0 Å². The fraction of sp³-hybridized carbons (Fsp3) is 0.100. The van der Waals surface area contributed by atoms with Crippen LogP contribution in [-0.2, 0) is 0 Å². The van der Waals surface area contributed by atoms with Crippen LogP contribution < -0.4 is 5.73 Å². The molecule has 2 rings (SSSR count). The van der Waals surface area contributed by atoms with E-state index < -0.39 is 0 Å². The van der Waals surface area contributed by atoms with Crippen molar-refractivity contribution in [3.05, 3.63) is 29.1 Å². The van der Waals surface area contributed by atoms with E-state index in [1.807, 2.05) is 19.1 Å². The minimum absolute atomic E-state index is 0.249. The van der Waals surface area contributed by atoms with Gasteiger partial charge in [-0.25, -0.2) is 4.98 Å². The maximum absolute atomic E-state index is 9.68. The Morgan fingerprint density at radius 2 is 2.21 bits per heavy atom. The number of rotatable bonds is 1. The molecular weight excluding hydrogens is 196 g/mol. The van der Waals surface area contributed by atoms with E-state index in [0.29, 0.717) is 5.82 Å². The second-order valence-electron chi connectivity index (χ2n) is 3.10. The van der Waals surface area contributed by atoms with Gasteiger partial charge in [0, 0.05) is 5.38 Å². The molecular formula is C10H10N2OS. The van der Waals surface area contributed by atoms with E-state index in [1.165, 1.54) is 11.3 Å². The molecule has 0 saturated heterocycles. The number of hydrogen-bond acceptors (Lipinski definition) is 4. The Balaban J connectivity index is 2.52. The maximum Gasteiger partial charge on any atom is 0.135 e. The van der Waals surface area contributed by atoms with Gasteiger partial charge in [0.05, 0.1) is 5.56 Å². The highest BCUT2D eigenvalue weighted by atomic mass is 32.1. The van der Waals surface area contributed by atoms with Crippen LogP contribution in [0.1, 0.15) is 5.56 Å². The van der Waals surface area contributed by atoms with E-state index in [4.69, 9.17) is 5.73 Å². The summed E-state index contributed by atoms with van der Waals surface area (Å²) in [7, 11) is 0. The first-order chi connectivity index (χ1) is 6.66. The Bertz CT molecular complexity index is 465. The molecule has 0 radical (unpaired) electrons. The van der Waals surface area contributed by atoms with E-state index in [2.05, 4.69) is 4.98 Å². The highest BCUT2D eigenvalue weighted by Gasteiger charge is 2.07. The van der Waals surface area contributed by atoms with Gasteiger partial charge in [0.15, 0.2) is 0 Å². The van der Waals surface area contributed by atoms with Gasteiger partial charge in [0.2, 0.25) is 0 Å². The Hall–Kier alpha value is -1.55. The zero-order valence-corrected chi connectivity index (χ0v) is 8.51. The van der Waals surface area contributed by atoms with Crippen molar-refractivity contribution >= 4 is 17.2 Å². The number of phenolic OH excluding ortho intramolecular Hbond substituents is 1. The number of benzene rings is 1. The summed E-state index contributed by atoms with van der Waals surface area (Å²) in [5, 5.41) is 12.2. The molecule has 0 aliphatic heterocycles. The molecule has 14 heavy (non-hydrogen) atoms. The third kappa shape index (κ3) is 1.56. The van der Waals surface area contributed by atoms with Crippen LogP contribution in [0.3, 0.4) is 0 Å². The maximum atomic E-state index is 9.68. The third-order valence-corrected chi connectivity index (χ3v) is 2.80. The lowest BCUT2D eigenvalue weighted by atomic mass is 10.1.